The van der Waals surface area contributed by atoms with Crippen LogP contribution in [0.25, 0.3) is 0 Å². The van der Waals surface area contributed by atoms with Crippen LogP contribution in [0.2, 0.25) is 0 Å². The van der Waals surface area contributed by atoms with E-state index >= 15 is 0 Å². The molecule has 19 heavy (non-hydrogen) atoms. The minimum atomic E-state index is 0.273. The van der Waals surface area contributed by atoms with Crippen LogP contribution in [0.1, 0.15) is 25.6 Å². The highest BCUT2D eigenvalue weighted by atomic mass is 16.5. The van der Waals surface area contributed by atoms with Gasteiger partial charge in [0.25, 0.3) is 0 Å². The van der Waals surface area contributed by atoms with Crippen LogP contribution in [0, 0.1) is 5.92 Å². The quantitative estimate of drug-likeness (QED) is 0.820. The topological polar surface area (TPSA) is 84.5 Å². The Bertz CT molecular complexity index is 406. The van der Waals surface area contributed by atoms with E-state index < -0.39 is 0 Å². The summed E-state index contributed by atoms with van der Waals surface area (Å²) in [6.45, 7) is 5.03. The molecule has 1 aliphatic rings. The monoisotopic (exact) mass is 266 g/mol. The van der Waals surface area contributed by atoms with E-state index in [0.717, 1.165) is 31.7 Å². The van der Waals surface area contributed by atoms with Crippen LogP contribution >= 0.6 is 0 Å². The molecule has 1 aliphatic heterocycles. The van der Waals surface area contributed by atoms with Gasteiger partial charge in [0.05, 0.1) is 0 Å². The van der Waals surface area contributed by atoms with Gasteiger partial charge in [0.2, 0.25) is 0 Å². The Kier molecular flexibility index (Phi) is 4.93. The molecule has 0 radical (unpaired) electrons. The second-order valence-electron chi connectivity index (χ2n) is 4.82. The highest BCUT2D eigenvalue weighted by Gasteiger charge is 2.20. The number of anilines is 2. The zero-order valence-electron chi connectivity index (χ0n) is 11.4. The third-order valence-electron chi connectivity index (χ3n) is 3.41. The first-order valence-electron chi connectivity index (χ1n) is 6.80. The van der Waals surface area contributed by atoms with Crippen molar-refractivity contribution >= 4 is 11.6 Å². The molecule has 1 aromatic rings. The molecule has 0 aliphatic carbocycles. The van der Waals surface area contributed by atoms with E-state index in [-0.39, 0.29) is 6.61 Å². The largest absolute Gasteiger partial charge is 0.396 e. The summed E-state index contributed by atoms with van der Waals surface area (Å²) in [7, 11) is 0. The van der Waals surface area contributed by atoms with Crippen LogP contribution in [-0.2, 0) is 11.3 Å². The summed E-state index contributed by atoms with van der Waals surface area (Å²) in [5, 5.41) is 9.15. The normalized spacial score (nSPS) is 16.8. The van der Waals surface area contributed by atoms with Crippen molar-refractivity contribution in [3.8, 4) is 0 Å². The highest BCUT2D eigenvalue weighted by Crippen LogP contribution is 2.22. The smallest absolute Gasteiger partial charge is 0.158 e. The molecule has 0 spiro atoms. The number of nitrogens with zero attached hydrogens (tertiary/aromatic N) is 3. The average molecular weight is 266 g/mol. The van der Waals surface area contributed by atoms with Crippen LogP contribution in [0.3, 0.4) is 0 Å². The van der Waals surface area contributed by atoms with Gasteiger partial charge in [-0.2, -0.15) is 0 Å². The molecule has 0 aromatic carbocycles. The van der Waals surface area contributed by atoms with Gasteiger partial charge in [-0.15, -0.1) is 0 Å². The number of aliphatic hydroxyl groups is 1. The number of piperidine rings is 1. The first-order chi connectivity index (χ1) is 9.22. The summed E-state index contributed by atoms with van der Waals surface area (Å²) in [4.78, 5) is 10.9. The molecule has 1 saturated heterocycles. The first-order valence-corrected chi connectivity index (χ1v) is 6.80. The Hall–Kier alpha value is -1.40. The van der Waals surface area contributed by atoms with Gasteiger partial charge in [0.15, 0.2) is 5.82 Å². The Balaban J connectivity index is 2.05. The zero-order valence-corrected chi connectivity index (χ0v) is 11.4. The summed E-state index contributed by atoms with van der Waals surface area (Å²) in [6, 6.07) is 1.80. The van der Waals surface area contributed by atoms with Crippen molar-refractivity contribution in [2.45, 2.75) is 26.4 Å². The van der Waals surface area contributed by atoms with Gasteiger partial charge in [-0.3, -0.25) is 0 Å². The van der Waals surface area contributed by atoms with Crippen molar-refractivity contribution in [3.63, 3.8) is 0 Å². The molecule has 6 nitrogen and oxygen atoms in total. The summed E-state index contributed by atoms with van der Waals surface area (Å²) in [6.07, 6.45) is 1.97. The molecule has 1 fully saturated rings. The standard InChI is InChI=1S/C13H22N4O2/c1-2-19-9-12-15-11(14)7-13(16-12)17-5-3-10(8-18)4-6-17/h7,10,18H,2-6,8-9H2,1H3,(H2,14,15,16). The molecule has 106 valence electrons. The minimum Gasteiger partial charge on any atom is -0.396 e. The van der Waals surface area contributed by atoms with E-state index in [1.165, 1.54) is 0 Å². The molecule has 0 amide bonds. The molecule has 0 bridgehead atoms. The van der Waals surface area contributed by atoms with Gasteiger partial charge in [0.1, 0.15) is 18.2 Å². The van der Waals surface area contributed by atoms with Crippen LogP contribution in [0.15, 0.2) is 6.07 Å². The van der Waals surface area contributed by atoms with Crippen LogP contribution in [0.5, 0.6) is 0 Å². The molecule has 2 heterocycles. The maximum atomic E-state index is 9.15. The second-order valence-corrected chi connectivity index (χ2v) is 4.82. The van der Waals surface area contributed by atoms with Crippen LogP contribution in [-0.4, -0.2) is 41.4 Å². The lowest BCUT2D eigenvalue weighted by Gasteiger charge is -2.32. The number of aliphatic hydroxyl groups excluding tert-OH is 1. The van der Waals surface area contributed by atoms with E-state index in [9.17, 15) is 0 Å². The second kappa shape index (κ2) is 6.68. The predicted octanol–water partition coefficient (Wildman–Crippen LogP) is 0.804. The Labute approximate surface area is 113 Å². The van der Waals surface area contributed by atoms with Gasteiger partial charge in [-0.05, 0) is 25.7 Å². The highest BCUT2D eigenvalue weighted by molar-refractivity contribution is 5.47. The lowest BCUT2D eigenvalue weighted by Crippen LogP contribution is -2.35. The molecule has 3 N–H and O–H groups in total. The molecular formula is C13H22N4O2. The number of ether oxygens (including phenoxy) is 1. The van der Waals surface area contributed by atoms with Crippen LogP contribution in [0.4, 0.5) is 11.6 Å². The van der Waals surface area contributed by atoms with Crippen molar-refractivity contribution < 1.29 is 9.84 Å². The maximum absolute atomic E-state index is 9.15. The predicted molar refractivity (Wildman–Crippen MR) is 73.8 cm³/mol. The van der Waals surface area contributed by atoms with Crippen molar-refractivity contribution in [1.29, 1.82) is 0 Å². The van der Waals surface area contributed by atoms with Crippen molar-refractivity contribution in [2.75, 3.05) is 36.9 Å². The summed E-state index contributed by atoms with van der Waals surface area (Å²) >= 11 is 0. The first kappa shape index (κ1) is 14.0. The van der Waals surface area contributed by atoms with Crippen molar-refractivity contribution in [1.82, 2.24) is 9.97 Å². The Morgan fingerprint density at radius 2 is 2.16 bits per heavy atom. The van der Waals surface area contributed by atoms with E-state index in [1.807, 2.05) is 6.92 Å². The Morgan fingerprint density at radius 1 is 1.42 bits per heavy atom. The lowest BCUT2D eigenvalue weighted by atomic mass is 9.98. The van der Waals surface area contributed by atoms with E-state index in [1.54, 1.807) is 6.07 Å². The number of aromatic nitrogens is 2. The fourth-order valence-corrected chi connectivity index (χ4v) is 2.27. The number of hydrogen-bond donors (Lipinski definition) is 2. The van der Waals surface area contributed by atoms with Gasteiger partial charge >= 0.3 is 0 Å². The molecule has 0 saturated carbocycles. The minimum absolute atomic E-state index is 0.273. The number of nitrogen functional groups attached to an aromatic ring is 1. The third-order valence-corrected chi connectivity index (χ3v) is 3.41. The third kappa shape index (κ3) is 3.78. The molecular weight excluding hydrogens is 244 g/mol. The fourth-order valence-electron chi connectivity index (χ4n) is 2.27. The van der Waals surface area contributed by atoms with Gasteiger partial charge in [-0.25, -0.2) is 9.97 Å². The average Bonchev–Trinajstić information content (AvgIpc) is 2.44. The van der Waals surface area contributed by atoms with E-state index in [0.29, 0.717) is 30.8 Å². The summed E-state index contributed by atoms with van der Waals surface area (Å²) < 4.78 is 5.32. The van der Waals surface area contributed by atoms with Gasteiger partial charge < -0.3 is 20.5 Å². The Morgan fingerprint density at radius 3 is 2.79 bits per heavy atom. The van der Waals surface area contributed by atoms with Gasteiger partial charge in [-0.1, -0.05) is 0 Å². The lowest BCUT2D eigenvalue weighted by molar-refractivity contribution is 0.128. The number of hydrogen-bond acceptors (Lipinski definition) is 6. The SMILES string of the molecule is CCOCc1nc(N)cc(N2CCC(CO)CC2)n1. The summed E-state index contributed by atoms with van der Waals surface area (Å²) in [5.74, 6) is 2.38. The molecule has 0 unspecified atom stereocenters. The maximum Gasteiger partial charge on any atom is 0.158 e. The van der Waals surface area contributed by atoms with Crippen molar-refractivity contribution in [3.05, 3.63) is 11.9 Å². The molecule has 6 heteroatoms. The fraction of sp³-hybridized carbons (Fsp3) is 0.692. The van der Waals surface area contributed by atoms with Gasteiger partial charge in [0, 0.05) is 32.4 Å². The summed E-state index contributed by atoms with van der Waals surface area (Å²) in [5.41, 5.74) is 5.82. The van der Waals surface area contributed by atoms with Crippen LogP contribution < -0.4 is 10.6 Å². The number of rotatable bonds is 5. The van der Waals surface area contributed by atoms with E-state index in [2.05, 4.69) is 14.9 Å². The molecule has 1 aromatic heterocycles. The van der Waals surface area contributed by atoms with Crippen molar-refractivity contribution in [2.24, 2.45) is 5.92 Å². The molecule has 0 atom stereocenters. The van der Waals surface area contributed by atoms with E-state index in [4.69, 9.17) is 15.6 Å². The zero-order chi connectivity index (χ0) is 13.7. The number of nitrogens with two attached hydrogens (primary N) is 1. The molecule has 2 rings (SSSR count).